The highest BCUT2D eigenvalue weighted by Crippen LogP contribution is 2.17. The lowest BCUT2D eigenvalue weighted by Gasteiger charge is -2.09. The van der Waals surface area contributed by atoms with Crippen molar-refractivity contribution in [1.29, 1.82) is 0 Å². The van der Waals surface area contributed by atoms with E-state index < -0.39 is 10.8 Å². The highest BCUT2D eigenvalue weighted by molar-refractivity contribution is 5.98. The van der Waals surface area contributed by atoms with Crippen molar-refractivity contribution >= 4 is 11.6 Å². The van der Waals surface area contributed by atoms with E-state index in [0.717, 1.165) is 11.4 Å². The van der Waals surface area contributed by atoms with Gasteiger partial charge in [-0.3, -0.25) is 19.7 Å². The largest absolute Gasteiger partial charge is 0.350 e. The molecule has 28 heavy (non-hydrogen) atoms. The Morgan fingerprint density at radius 3 is 2.61 bits per heavy atom. The summed E-state index contributed by atoms with van der Waals surface area (Å²) in [4.78, 5) is 34.7. The Morgan fingerprint density at radius 1 is 1.18 bits per heavy atom. The molecule has 0 bridgehead atoms. The molecule has 144 valence electrons. The predicted molar refractivity (Wildman–Crippen MR) is 101 cm³/mol. The van der Waals surface area contributed by atoms with Crippen LogP contribution >= 0.6 is 0 Å². The number of amides is 1. The van der Waals surface area contributed by atoms with E-state index in [9.17, 15) is 19.7 Å². The topological polar surface area (TPSA) is 125 Å². The normalized spacial score (nSPS) is 10.6. The maximum Gasteiger partial charge on any atom is 0.282 e. The number of aromatic nitrogens is 4. The fourth-order valence-corrected chi connectivity index (χ4v) is 2.77. The number of benzene rings is 1. The van der Waals surface area contributed by atoms with E-state index in [1.807, 2.05) is 19.9 Å². The van der Waals surface area contributed by atoms with Crippen LogP contribution < -0.4 is 10.9 Å². The molecule has 2 aromatic heterocycles. The molecular weight excluding hydrogens is 364 g/mol. The first-order valence-electron chi connectivity index (χ1n) is 8.50. The summed E-state index contributed by atoms with van der Waals surface area (Å²) in [5.41, 5.74) is 1.06. The number of carbonyl (C=O) groups excluding carboxylic acids is 1. The minimum atomic E-state index is -0.612. The van der Waals surface area contributed by atoms with E-state index in [4.69, 9.17) is 0 Å². The van der Waals surface area contributed by atoms with Gasteiger partial charge in [-0.15, -0.1) is 5.10 Å². The van der Waals surface area contributed by atoms with Crippen LogP contribution in [0.15, 0.2) is 47.3 Å². The number of nitrogens with zero attached hydrogens (tertiary/aromatic N) is 5. The molecule has 2 heterocycles. The fourth-order valence-electron chi connectivity index (χ4n) is 2.77. The number of nitrogens with one attached hydrogen (secondary N) is 1. The second kappa shape index (κ2) is 7.82. The van der Waals surface area contributed by atoms with Gasteiger partial charge in [-0.05, 0) is 32.0 Å². The number of para-hydroxylation sites is 1. The first-order valence-corrected chi connectivity index (χ1v) is 8.50. The van der Waals surface area contributed by atoms with Gasteiger partial charge in [-0.25, -0.2) is 9.36 Å². The summed E-state index contributed by atoms with van der Waals surface area (Å²) >= 11 is 0. The maximum absolute atomic E-state index is 12.2. The van der Waals surface area contributed by atoms with Crippen LogP contribution in [-0.2, 0) is 6.54 Å². The van der Waals surface area contributed by atoms with Crippen molar-refractivity contribution in [1.82, 2.24) is 24.9 Å². The van der Waals surface area contributed by atoms with Crippen molar-refractivity contribution in [3.63, 3.8) is 0 Å². The Bertz CT molecular complexity index is 1100. The monoisotopic (exact) mass is 382 g/mol. The van der Waals surface area contributed by atoms with Gasteiger partial charge in [0.25, 0.3) is 17.2 Å². The Hall–Kier alpha value is -3.82. The molecule has 0 saturated carbocycles. The smallest absolute Gasteiger partial charge is 0.282 e. The van der Waals surface area contributed by atoms with Crippen molar-refractivity contribution < 1.29 is 9.72 Å². The first kappa shape index (κ1) is 19.0. The molecule has 0 fully saturated rings. The van der Waals surface area contributed by atoms with Gasteiger partial charge in [0.2, 0.25) is 0 Å². The van der Waals surface area contributed by atoms with Crippen molar-refractivity contribution in [3.8, 4) is 5.82 Å². The highest BCUT2D eigenvalue weighted by atomic mass is 16.6. The Labute approximate surface area is 159 Å². The maximum atomic E-state index is 12.2. The zero-order valence-electron chi connectivity index (χ0n) is 15.3. The molecule has 0 atom stereocenters. The van der Waals surface area contributed by atoms with Gasteiger partial charge in [0.05, 0.1) is 17.2 Å². The number of hydrogen-bond donors (Lipinski definition) is 1. The quantitative estimate of drug-likeness (QED) is 0.507. The molecule has 10 nitrogen and oxygen atoms in total. The van der Waals surface area contributed by atoms with Crippen LogP contribution in [0.4, 0.5) is 5.69 Å². The molecule has 1 aromatic carbocycles. The lowest BCUT2D eigenvalue weighted by Crippen LogP contribution is -2.32. The minimum absolute atomic E-state index is 0.0378. The summed E-state index contributed by atoms with van der Waals surface area (Å²) in [5.74, 6) is -0.106. The molecule has 0 spiro atoms. The predicted octanol–water partition coefficient (Wildman–Crippen LogP) is 1.38. The van der Waals surface area contributed by atoms with Crippen LogP contribution in [0.25, 0.3) is 5.82 Å². The molecule has 1 N–H and O–H groups in total. The summed E-state index contributed by atoms with van der Waals surface area (Å²) in [6.07, 6.45) is 0. The number of aryl methyl sites for hydroxylation is 2. The summed E-state index contributed by atoms with van der Waals surface area (Å²) < 4.78 is 2.84. The van der Waals surface area contributed by atoms with Crippen LogP contribution in [0, 0.1) is 24.0 Å². The molecule has 0 aliphatic heterocycles. The van der Waals surface area contributed by atoms with Crippen LogP contribution in [0.1, 0.15) is 21.7 Å². The standard InChI is InChI=1S/C18H18N6O4/c1-12-11-13(2)23(20-12)16-7-8-17(25)22(21-16)10-9-19-18(26)14-5-3-4-6-15(14)24(27)28/h3-8,11H,9-10H2,1-2H3,(H,19,26). The average Bonchev–Trinajstić information content (AvgIpc) is 3.01. The first-order chi connectivity index (χ1) is 13.4. The SMILES string of the molecule is Cc1cc(C)n(-c2ccc(=O)n(CCNC(=O)c3ccccc3[N+](=O)[O-])n2)n1. The van der Waals surface area contributed by atoms with E-state index >= 15 is 0 Å². The zero-order valence-corrected chi connectivity index (χ0v) is 15.3. The third-order valence-electron chi connectivity index (χ3n) is 4.03. The molecule has 0 radical (unpaired) electrons. The molecular formula is C18H18N6O4. The van der Waals surface area contributed by atoms with Crippen LogP contribution in [0.2, 0.25) is 0 Å². The van der Waals surface area contributed by atoms with E-state index in [2.05, 4.69) is 15.5 Å². The van der Waals surface area contributed by atoms with Crippen molar-refractivity contribution in [2.75, 3.05) is 6.54 Å². The number of nitro groups is 1. The van der Waals surface area contributed by atoms with Gasteiger partial charge in [0, 0.05) is 24.4 Å². The van der Waals surface area contributed by atoms with Crippen molar-refractivity contribution in [2.45, 2.75) is 20.4 Å². The molecule has 0 saturated heterocycles. The van der Waals surface area contributed by atoms with E-state index in [0.29, 0.717) is 5.82 Å². The van der Waals surface area contributed by atoms with Gasteiger partial charge >= 0.3 is 0 Å². The van der Waals surface area contributed by atoms with Crippen LogP contribution in [0.3, 0.4) is 0 Å². The average molecular weight is 382 g/mol. The lowest BCUT2D eigenvalue weighted by molar-refractivity contribution is -0.385. The molecule has 3 aromatic rings. The highest BCUT2D eigenvalue weighted by Gasteiger charge is 2.18. The van der Waals surface area contributed by atoms with Gasteiger partial charge in [-0.2, -0.15) is 5.10 Å². The molecule has 1 amide bonds. The van der Waals surface area contributed by atoms with Gasteiger partial charge in [-0.1, -0.05) is 12.1 Å². The Balaban J connectivity index is 1.72. The number of hydrogen-bond acceptors (Lipinski definition) is 6. The van der Waals surface area contributed by atoms with Gasteiger partial charge in [0.15, 0.2) is 5.82 Å². The second-order valence-electron chi connectivity index (χ2n) is 6.12. The molecule has 0 aliphatic rings. The summed E-state index contributed by atoms with van der Waals surface area (Å²) in [7, 11) is 0. The van der Waals surface area contributed by atoms with Crippen molar-refractivity contribution in [3.05, 3.63) is 79.9 Å². The summed E-state index contributed by atoms with van der Waals surface area (Å²) in [6.45, 7) is 3.93. The lowest BCUT2D eigenvalue weighted by atomic mass is 10.1. The molecule has 10 heteroatoms. The van der Waals surface area contributed by atoms with E-state index in [-0.39, 0.29) is 29.9 Å². The molecule has 0 aliphatic carbocycles. The Morgan fingerprint density at radius 2 is 1.93 bits per heavy atom. The van der Waals surface area contributed by atoms with E-state index in [1.54, 1.807) is 16.8 Å². The number of nitro benzene ring substituents is 1. The second-order valence-corrected chi connectivity index (χ2v) is 6.12. The summed E-state index contributed by atoms with van der Waals surface area (Å²) in [5, 5.41) is 22.2. The third kappa shape index (κ3) is 3.95. The van der Waals surface area contributed by atoms with Gasteiger partial charge in [0.1, 0.15) is 5.56 Å². The van der Waals surface area contributed by atoms with Crippen LogP contribution in [-0.4, -0.2) is 36.9 Å². The van der Waals surface area contributed by atoms with Gasteiger partial charge < -0.3 is 5.32 Å². The Kier molecular flexibility index (Phi) is 5.30. The fraction of sp³-hybridized carbons (Fsp3) is 0.222. The van der Waals surface area contributed by atoms with Crippen LogP contribution in [0.5, 0.6) is 0 Å². The van der Waals surface area contributed by atoms with Crippen molar-refractivity contribution in [2.24, 2.45) is 0 Å². The minimum Gasteiger partial charge on any atom is -0.350 e. The van der Waals surface area contributed by atoms with E-state index in [1.165, 1.54) is 28.9 Å². The molecule has 0 unspecified atom stereocenters. The number of carbonyl (C=O) groups is 1. The summed E-state index contributed by atoms with van der Waals surface area (Å²) in [6, 6.07) is 10.5. The molecule has 3 rings (SSSR count). The zero-order chi connectivity index (χ0) is 20.3. The third-order valence-corrected chi connectivity index (χ3v) is 4.03. The number of rotatable bonds is 6.